The van der Waals surface area contributed by atoms with Crippen molar-refractivity contribution in [3.8, 4) is 0 Å². The SMILES string of the molecule is CC(CCOCc1ccccc1)Nc1c(Cl)cncc1[N+](=O)[O-]. The van der Waals surface area contributed by atoms with E-state index < -0.39 is 4.92 Å². The van der Waals surface area contributed by atoms with Crippen molar-refractivity contribution in [2.75, 3.05) is 11.9 Å². The zero-order valence-corrected chi connectivity index (χ0v) is 13.5. The molecule has 0 aliphatic heterocycles. The third-order valence-electron chi connectivity index (χ3n) is 3.27. The Morgan fingerprint density at radius 1 is 1.35 bits per heavy atom. The summed E-state index contributed by atoms with van der Waals surface area (Å²) in [5.41, 5.74) is 1.28. The van der Waals surface area contributed by atoms with E-state index in [0.717, 1.165) is 5.56 Å². The van der Waals surface area contributed by atoms with Crippen LogP contribution >= 0.6 is 11.6 Å². The second-order valence-electron chi connectivity index (χ2n) is 5.14. The van der Waals surface area contributed by atoms with Crippen LogP contribution in [0.5, 0.6) is 0 Å². The van der Waals surface area contributed by atoms with Crippen LogP contribution in [0.15, 0.2) is 42.7 Å². The number of benzene rings is 1. The van der Waals surface area contributed by atoms with Gasteiger partial charge in [-0.15, -0.1) is 0 Å². The van der Waals surface area contributed by atoms with E-state index in [4.69, 9.17) is 16.3 Å². The van der Waals surface area contributed by atoms with Crippen molar-refractivity contribution >= 4 is 23.0 Å². The molecule has 0 saturated carbocycles. The summed E-state index contributed by atoms with van der Waals surface area (Å²) >= 11 is 6.00. The Morgan fingerprint density at radius 3 is 2.78 bits per heavy atom. The molecule has 0 spiro atoms. The second kappa shape index (κ2) is 8.45. The first-order valence-corrected chi connectivity index (χ1v) is 7.62. The van der Waals surface area contributed by atoms with E-state index in [0.29, 0.717) is 25.3 Å². The lowest BCUT2D eigenvalue weighted by Crippen LogP contribution is -2.18. The summed E-state index contributed by atoms with van der Waals surface area (Å²) in [4.78, 5) is 14.3. The largest absolute Gasteiger partial charge is 0.377 e. The summed E-state index contributed by atoms with van der Waals surface area (Å²) in [5.74, 6) is 0. The molecule has 1 heterocycles. The van der Waals surface area contributed by atoms with Crippen molar-refractivity contribution in [2.45, 2.75) is 26.0 Å². The van der Waals surface area contributed by atoms with Gasteiger partial charge in [0.1, 0.15) is 11.9 Å². The van der Waals surface area contributed by atoms with Crippen LogP contribution < -0.4 is 5.32 Å². The van der Waals surface area contributed by atoms with Gasteiger partial charge in [0.2, 0.25) is 0 Å². The molecule has 122 valence electrons. The van der Waals surface area contributed by atoms with Crippen molar-refractivity contribution in [3.05, 3.63) is 63.4 Å². The number of hydrogen-bond acceptors (Lipinski definition) is 5. The van der Waals surface area contributed by atoms with Gasteiger partial charge in [0.05, 0.1) is 16.6 Å². The van der Waals surface area contributed by atoms with E-state index in [9.17, 15) is 10.1 Å². The molecule has 0 fully saturated rings. The molecule has 0 radical (unpaired) electrons. The van der Waals surface area contributed by atoms with Crippen molar-refractivity contribution in [3.63, 3.8) is 0 Å². The standard InChI is InChI=1S/C16H18ClN3O3/c1-12(7-8-23-11-13-5-3-2-4-6-13)19-16-14(17)9-18-10-15(16)20(21)22/h2-6,9-10,12H,7-8,11H2,1H3,(H,18,19). The number of halogens is 1. The molecule has 2 rings (SSSR count). The summed E-state index contributed by atoms with van der Waals surface area (Å²) in [6.45, 7) is 3.01. The third-order valence-corrected chi connectivity index (χ3v) is 3.56. The van der Waals surface area contributed by atoms with E-state index in [-0.39, 0.29) is 16.8 Å². The van der Waals surface area contributed by atoms with Gasteiger partial charge in [0, 0.05) is 18.8 Å². The minimum Gasteiger partial charge on any atom is -0.377 e. The molecule has 7 heteroatoms. The lowest BCUT2D eigenvalue weighted by atomic mass is 10.2. The quantitative estimate of drug-likeness (QED) is 0.447. The number of nitrogens with zero attached hydrogens (tertiary/aromatic N) is 2. The molecular formula is C16H18ClN3O3. The van der Waals surface area contributed by atoms with Gasteiger partial charge in [0.25, 0.3) is 0 Å². The fraction of sp³-hybridized carbons (Fsp3) is 0.312. The monoisotopic (exact) mass is 335 g/mol. The molecule has 6 nitrogen and oxygen atoms in total. The van der Waals surface area contributed by atoms with Gasteiger partial charge in [-0.1, -0.05) is 41.9 Å². The lowest BCUT2D eigenvalue weighted by Gasteiger charge is -2.16. The van der Waals surface area contributed by atoms with Crippen molar-refractivity contribution in [1.82, 2.24) is 4.98 Å². The average molecular weight is 336 g/mol. The number of anilines is 1. The molecule has 0 amide bonds. The maximum Gasteiger partial charge on any atom is 0.311 e. The first kappa shape index (κ1) is 17.2. The topological polar surface area (TPSA) is 77.3 Å². The molecule has 23 heavy (non-hydrogen) atoms. The number of hydrogen-bond donors (Lipinski definition) is 1. The summed E-state index contributed by atoms with van der Waals surface area (Å²) in [7, 11) is 0. The Labute approximate surface area is 139 Å². The van der Waals surface area contributed by atoms with Crippen molar-refractivity contribution in [2.24, 2.45) is 0 Å². The molecule has 0 aliphatic carbocycles. The predicted octanol–water partition coefficient (Wildman–Crippen LogP) is 4.05. The number of nitrogens with one attached hydrogen (secondary N) is 1. The maximum atomic E-state index is 11.0. The zero-order chi connectivity index (χ0) is 16.7. The minimum atomic E-state index is -0.500. The van der Waals surface area contributed by atoms with Crippen molar-refractivity contribution < 1.29 is 9.66 Å². The Morgan fingerprint density at radius 2 is 2.09 bits per heavy atom. The predicted molar refractivity (Wildman–Crippen MR) is 89.7 cm³/mol. The van der Waals surface area contributed by atoms with Gasteiger partial charge in [-0.05, 0) is 18.9 Å². The van der Waals surface area contributed by atoms with Gasteiger partial charge in [0.15, 0.2) is 0 Å². The molecule has 2 aromatic rings. The van der Waals surface area contributed by atoms with Gasteiger partial charge in [-0.2, -0.15) is 0 Å². The summed E-state index contributed by atoms with van der Waals surface area (Å²) < 4.78 is 5.62. The molecular weight excluding hydrogens is 318 g/mol. The first-order chi connectivity index (χ1) is 11.1. The van der Waals surface area contributed by atoms with Gasteiger partial charge in [-0.25, -0.2) is 0 Å². The Balaban J connectivity index is 1.83. The zero-order valence-electron chi connectivity index (χ0n) is 12.7. The van der Waals surface area contributed by atoms with Crippen LogP contribution in [0.1, 0.15) is 18.9 Å². The third kappa shape index (κ3) is 5.19. The van der Waals surface area contributed by atoms with E-state index in [1.165, 1.54) is 12.4 Å². The smallest absolute Gasteiger partial charge is 0.311 e. The van der Waals surface area contributed by atoms with Crippen LogP contribution in [0, 0.1) is 10.1 Å². The summed E-state index contributed by atoms with van der Waals surface area (Å²) in [6, 6.07) is 9.87. The van der Waals surface area contributed by atoms with Crippen LogP contribution in [-0.4, -0.2) is 22.6 Å². The average Bonchev–Trinajstić information content (AvgIpc) is 2.54. The maximum absolute atomic E-state index is 11.0. The van der Waals surface area contributed by atoms with Gasteiger partial charge in [-0.3, -0.25) is 15.1 Å². The highest BCUT2D eigenvalue weighted by atomic mass is 35.5. The van der Waals surface area contributed by atoms with Crippen LogP contribution in [0.2, 0.25) is 5.02 Å². The highest BCUT2D eigenvalue weighted by Gasteiger charge is 2.19. The Hall–Kier alpha value is -2.18. The van der Waals surface area contributed by atoms with Gasteiger partial charge < -0.3 is 10.1 Å². The Kier molecular flexibility index (Phi) is 6.31. The highest BCUT2D eigenvalue weighted by molar-refractivity contribution is 6.33. The van der Waals surface area contributed by atoms with Crippen LogP contribution in [0.25, 0.3) is 0 Å². The fourth-order valence-electron chi connectivity index (χ4n) is 2.05. The molecule has 0 saturated heterocycles. The van der Waals surface area contributed by atoms with E-state index in [1.807, 2.05) is 37.3 Å². The Bertz CT molecular complexity index is 652. The highest BCUT2D eigenvalue weighted by Crippen LogP contribution is 2.31. The number of aromatic nitrogens is 1. The van der Waals surface area contributed by atoms with Crippen LogP contribution in [0.3, 0.4) is 0 Å². The summed E-state index contributed by atoms with van der Waals surface area (Å²) in [6.07, 6.45) is 3.27. The number of ether oxygens (including phenoxy) is 1. The number of rotatable bonds is 8. The van der Waals surface area contributed by atoms with Crippen LogP contribution in [0.4, 0.5) is 11.4 Å². The molecule has 0 aliphatic rings. The molecule has 1 aromatic heterocycles. The molecule has 1 unspecified atom stereocenters. The van der Waals surface area contributed by atoms with E-state index in [1.54, 1.807) is 0 Å². The normalized spacial score (nSPS) is 11.9. The van der Waals surface area contributed by atoms with Crippen LogP contribution in [-0.2, 0) is 11.3 Å². The van der Waals surface area contributed by atoms with E-state index >= 15 is 0 Å². The molecule has 0 bridgehead atoms. The second-order valence-corrected chi connectivity index (χ2v) is 5.55. The first-order valence-electron chi connectivity index (χ1n) is 7.24. The molecule has 1 aromatic carbocycles. The minimum absolute atomic E-state index is 0.0237. The number of nitro groups is 1. The lowest BCUT2D eigenvalue weighted by molar-refractivity contribution is -0.384. The van der Waals surface area contributed by atoms with Gasteiger partial charge >= 0.3 is 5.69 Å². The fourth-order valence-corrected chi connectivity index (χ4v) is 2.26. The van der Waals surface area contributed by atoms with E-state index in [2.05, 4.69) is 10.3 Å². The molecule has 1 atom stereocenters. The summed E-state index contributed by atoms with van der Waals surface area (Å²) in [5, 5.41) is 14.3. The molecule has 1 N–H and O–H groups in total. The van der Waals surface area contributed by atoms with Crippen molar-refractivity contribution in [1.29, 1.82) is 0 Å². The number of pyridine rings is 1.